The van der Waals surface area contributed by atoms with Crippen LogP contribution in [0.4, 0.5) is 5.69 Å². The number of amides is 1. The van der Waals surface area contributed by atoms with Gasteiger partial charge in [0.2, 0.25) is 5.91 Å². The lowest BCUT2D eigenvalue weighted by Crippen LogP contribution is -2.37. The van der Waals surface area contributed by atoms with Crippen LogP contribution in [0.25, 0.3) is 0 Å². The summed E-state index contributed by atoms with van der Waals surface area (Å²) in [6, 6.07) is 16.6. The number of carbonyl (C=O) groups excluding carboxylic acids is 1. The number of carbonyl (C=O) groups is 1. The van der Waals surface area contributed by atoms with Gasteiger partial charge in [0.15, 0.2) is 0 Å². The van der Waals surface area contributed by atoms with Crippen LogP contribution in [0.1, 0.15) is 43.7 Å². The number of ether oxygens (including phenoxy) is 1. The van der Waals surface area contributed by atoms with Crippen molar-refractivity contribution in [2.45, 2.75) is 38.6 Å². The molecule has 0 unspecified atom stereocenters. The van der Waals surface area contributed by atoms with Gasteiger partial charge in [0.1, 0.15) is 5.75 Å². The second-order valence-electron chi connectivity index (χ2n) is 6.06. The van der Waals surface area contributed by atoms with Gasteiger partial charge in [0.05, 0.1) is 7.11 Å². The molecule has 1 aliphatic heterocycles. The van der Waals surface area contributed by atoms with Gasteiger partial charge in [-0.25, -0.2) is 0 Å². The Morgan fingerprint density at radius 1 is 1.13 bits per heavy atom. The van der Waals surface area contributed by atoms with Crippen molar-refractivity contribution in [3.05, 3.63) is 59.7 Å². The Morgan fingerprint density at radius 3 is 2.48 bits per heavy atom. The van der Waals surface area contributed by atoms with Gasteiger partial charge in [-0.2, -0.15) is 0 Å². The summed E-state index contributed by atoms with van der Waals surface area (Å²) in [7, 11) is 1.67. The maximum atomic E-state index is 12.6. The van der Waals surface area contributed by atoms with E-state index >= 15 is 0 Å². The SMILES string of the molecule is CCCC(=O)N1c2ccccc2[C@H](c2ccc(OC)cc2)[C@H]1C. The van der Waals surface area contributed by atoms with Crippen molar-refractivity contribution < 1.29 is 9.53 Å². The zero-order chi connectivity index (χ0) is 16.4. The molecular formula is C20H23NO2. The van der Waals surface area contributed by atoms with Gasteiger partial charge < -0.3 is 9.64 Å². The lowest BCUT2D eigenvalue weighted by Gasteiger charge is -2.26. The highest BCUT2D eigenvalue weighted by atomic mass is 16.5. The number of hydrogen-bond donors (Lipinski definition) is 0. The van der Waals surface area contributed by atoms with Gasteiger partial charge in [-0.05, 0) is 42.7 Å². The van der Waals surface area contributed by atoms with E-state index in [1.807, 2.05) is 30.0 Å². The largest absolute Gasteiger partial charge is 0.497 e. The average molecular weight is 309 g/mol. The van der Waals surface area contributed by atoms with Crippen LogP contribution in [-0.4, -0.2) is 19.1 Å². The number of fused-ring (bicyclic) bond motifs is 1. The van der Waals surface area contributed by atoms with E-state index in [1.165, 1.54) is 11.1 Å². The predicted molar refractivity (Wildman–Crippen MR) is 93.1 cm³/mol. The first-order chi connectivity index (χ1) is 11.2. The molecule has 3 nitrogen and oxygen atoms in total. The van der Waals surface area contributed by atoms with E-state index < -0.39 is 0 Å². The van der Waals surface area contributed by atoms with Crippen LogP contribution >= 0.6 is 0 Å². The van der Waals surface area contributed by atoms with Crippen molar-refractivity contribution in [1.82, 2.24) is 0 Å². The van der Waals surface area contributed by atoms with E-state index in [1.54, 1.807) is 7.11 Å². The van der Waals surface area contributed by atoms with Gasteiger partial charge in [-0.1, -0.05) is 37.3 Å². The summed E-state index contributed by atoms with van der Waals surface area (Å²) < 4.78 is 5.25. The molecule has 0 saturated heterocycles. The molecule has 120 valence electrons. The van der Waals surface area contributed by atoms with E-state index in [0.29, 0.717) is 6.42 Å². The molecular weight excluding hydrogens is 286 g/mol. The summed E-state index contributed by atoms with van der Waals surface area (Å²) in [5.41, 5.74) is 3.51. The maximum Gasteiger partial charge on any atom is 0.227 e. The lowest BCUT2D eigenvalue weighted by molar-refractivity contribution is -0.119. The third-order valence-electron chi connectivity index (χ3n) is 4.63. The maximum absolute atomic E-state index is 12.6. The number of benzene rings is 2. The fourth-order valence-electron chi connectivity index (χ4n) is 3.56. The highest BCUT2D eigenvalue weighted by Crippen LogP contribution is 2.44. The standard InChI is InChI=1S/C20H23NO2/c1-4-7-19(22)21-14(2)20(17-8-5-6-9-18(17)21)15-10-12-16(23-3)13-11-15/h5-6,8-14,20H,4,7H2,1-3H3/t14-,20+/m1/s1. The summed E-state index contributed by atoms with van der Waals surface area (Å²) in [5, 5.41) is 0. The zero-order valence-electron chi connectivity index (χ0n) is 14.0. The molecule has 1 amide bonds. The first kappa shape index (κ1) is 15.6. The Bertz CT molecular complexity index is 693. The van der Waals surface area contributed by atoms with Crippen LogP contribution in [0.15, 0.2) is 48.5 Å². The van der Waals surface area contributed by atoms with E-state index in [9.17, 15) is 4.79 Å². The highest BCUT2D eigenvalue weighted by Gasteiger charge is 2.38. The first-order valence-corrected chi connectivity index (χ1v) is 8.22. The van der Waals surface area contributed by atoms with Crippen molar-refractivity contribution in [2.24, 2.45) is 0 Å². The van der Waals surface area contributed by atoms with Gasteiger partial charge in [0.25, 0.3) is 0 Å². The molecule has 0 N–H and O–H groups in total. The molecule has 2 aromatic carbocycles. The van der Waals surface area contributed by atoms with Gasteiger partial charge in [-0.3, -0.25) is 4.79 Å². The monoisotopic (exact) mass is 309 g/mol. The Kier molecular flexibility index (Phi) is 4.37. The highest BCUT2D eigenvalue weighted by molar-refractivity contribution is 5.97. The molecule has 0 radical (unpaired) electrons. The third kappa shape index (κ3) is 2.72. The first-order valence-electron chi connectivity index (χ1n) is 8.22. The van der Waals surface area contributed by atoms with Crippen LogP contribution in [-0.2, 0) is 4.79 Å². The van der Waals surface area contributed by atoms with Gasteiger partial charge >= 0.3 is 0 Å². The molecule has 0 aromatic heterocycles. The Balaban J connectivity index is 2.02. The summed E-state index contributed by atoms with van der Waals surface area (Å²) in [6.45, 7) is 4.19. The van der Waals surface area contributed by atoms with E-state index in [-0.39, 0.29) is 17.9 Å². The van der Waals surface area contributed by atoms with Crippen molar-refractivity contribution in [1.29, 1.82) is 0 Å². The van der Waals surface area contributed by atoms with Crippen LogP contribution in [0.3, 0.4) is 0 Å². The molecule has 3 rings (SSSR count). The Labute approximate surface area is 137 Å². The van der Waals surface area contributed by atoms with Crippen molar-refractivity contribution >= 4 is 11.6 Å². The normalized spacial score (nSPS) is 19.5. The second-order valence-corrected chi connectivity index (χ2v) is 6.06. The molecule has 0 spiro atoms. The number of hydrogen-bond acceptors (Lipinski definition) is 2. The number of rotatable bonds is 4. The van der Waals surface area contributed by atoms with Crippen LogP contribution in [0.2, 0.25) is 0 Å². The van der Waals surface area contributed by atoms with Crippen molar-refractivity contribution in [3.63, 3.8) is 0 Å². The van der Waals surface area contributed by atoms with Crippen LogP contribution < -0.4 is 9.64 Å². The van der Waals surface area contributed by atoms with E-state index in [4.69, 9.17) is 4.74 Å². The minimum absolute atomic E-state index is 0.125. The second kappa shape index (κ2) is 6.45. The molecule has 0 fully saturated rings. The number of para-hydroxylation sites is 1. The minimum atomic E-state index is 0.125. The zero-order valence-corrected chi connectivity index (χ0v) is 14.0. The van der Waals surface area contributed by atoms with Gasteiger partial charge in [-0.15, -0.1) is 0 Å². The smallest absolute Gasteiger partial charge is 0.227 e. The molecule has 3 heteroatoms. The molecule has 0 aliphatic carbocycles. The lowest BCUT2D eigenvalue weighted by atomic mass is 9.88. The van der Waals surface area contributed by atoms with Gasteiger partial charge in [0, 0.05) is 24.1 Å². The van der Waals surface area contributed by atoms with Crippen LogP contribution in [0, 0.1) is 0 Å². The molecule has 2 aromatic rings. The number of anilines is 1. The fraction of sp³-hybridized carbons (Fsp3) is 0.350. The molecule has 0 saturated carbocycles. The molecule has 1 aliphatic rings. The number of methoxy groups -OCH3 is 1. The Morgan fingerprint density at radius 2 is 1.83 bits per heavy atom. The molecule has 0 bridgehead atoms. The topological polar surface area (TPSA) is 29.5 Å². The quantitative estimate of drug-likeness (QED) is 0.839. The summed E-state index contributed by atoms with van der Waals surface area (Å²) in [4.78, 5) is 14.6. The molecule has 23 heavy (non-hydrogen) atoms. The van der Waals surface area contributed by atoms with Crippen LogP contribution in [0.5, 0.6) is 5.75 Å². The summed E-state index contributed by atoms with van der Waals surface area (Å²) >= 11 is 0. The fourth-order valence-corrected chi connectivity index (χ4v) is 3.56. The predicted octanol–water partition coefficient (Wildman–Crippen LogP) is 4.36. The van der Waals surface area contributed by atoms with Crippen molar-refractivity contribution in [2.75, 3.05) is 12.0 Å². The minimum Gasteiger partial charge on any atom is -0.497 e. The van der Waals surface area contributed by atoms with E-state index in [0.717, 1.165) is 17.9 Å². The average Bonchev–Trinajstić information content (AvgIpc) is 2.87. The third-order valence-corrected chi connectivity index (χ3v) is 4.63. The Hall–Kier alpha value is -2.29. The number of nitrogens with zero attached hydrogens (tertiary/aromatic N) is 1. The van der Waals surface area contributed by atoms with Crippen molar-refractivity contribution in [3.8, 4) is 5.75 Å². The van der Waals surface area contributed by atoms with E-state index in [2.05, 4.69) is 37.3 Å². The summed E-state index contributed by atoms with van der Waals surface area (Å²) in [6.07, 6.45) is 1.46. The summed E-state index contributed by atoms with van der Waals surface area (Å²) in [5.74, 6) is 1.27. The molecule has 1 heterocycles. The molecule has 2 atom stereocenters.